The van der Waals surface area contributed by atoms with Gasteiger partial charge in [0.05, 0.1) is 12.4 Å². The summed E-state index contributed by atoms with van der Waals surface area (Å²) in [6.07, 6.45) is 0.217. The molecule has 0 aliphatic rings. The van der Waals surface area contributed by atoms with E-state index in [1.165, 1.54) is 0 Å². The molecule has 0 aliphatic carbocycles. The van der Waals surface area contributed by atoms with Crippen molar-refractivity contribution in [1.29, 1.82) is 0 Å². The molecule has 0 fully saturated rings. The van der Waals surface area contributed by atoms with Gasteiger partial charge in [-0.05, 0) is 16.3 Å². The molecule has 0 saturated carbocycles. The molecule has 0 saturated heterocycles. The molecule has 0 heterocycles. The highest BCUT2D eigenvalue weighted by Gasteiger charge is 2.12. The molecule has 0 aromatic heterocycles. The minimum absolute atomic E-state index is 0.0210. The summed E-state index contributed by atoms with van der Waals surface area (Å²) in [7, 11) is -3.29. The zero-order valence-electron chi connectivity index (χ0n) is 10.00. The number of rotatable bonds is 4. The maximum atomic E-state index is 11.0. The van der Waals surface area contributed by atoms with Crippen LogP contribution in [-0.2, 0) is 10.0 Å². The number of sulfonamides is 1. The number of hydrogen-bond acceptors (Lipinski definition) is 3. The first-order valence-corrected chi connectivity index (χ1v) is 7.47. The van der Waals surface area contributed by atoms with Crippen LogP contribution in [0.25, 0.3) is 10.8 Å². The molecule has 2 aromatic rings. The highest BCUT2D eigenvalue weighted by Crippen LogP contribution is 2.23. The van der Waals surface area contributed by atoms with E-state index in [-0.39, 0.29) is 6.54 Å². The Bertz CT molecular complexity index is 647. The Morgan fingerprint density at radius 3 is 2.56 bits per heavy atom. The Hall–Kier alpha value is -1.43. The van der Waals surface area contributed by atoms with Crippen molar-refractivity contribution in [2.75, 3.05) is 12.8 Å². The van der Waals surface area contributed by atoms with Crippen molar-refractivity contribution in [1.82, 2.24) is 4.72 Å². The van der Waals surface area contributed by atoms with E-state index < -0.39 is 16.1 Å². The molecule has 2 rings (SSSR count). The van der Waals surface area contributed by atoms with Gasteiger partial charge in [-0.1, -0.05) is 42.5 Å². The van der Waals surface area contributed by atoms with E-state index in [9.17, 15) is 13.5 Å². The van der Waals surface area contributed by atoms with Crippen LogP contribution in [0.1, 0.15) is 11.7 Å². The van der Waals surface area contributed by atoms with Gasteiger partial charge in [-0.3, -0.25) is 0 Å². The molecule has 0 aliphatic heterocycles. The fraction of sp³-hybridized carbons (Fsp3) is 0.231. The van der Waals surface area contributed by atoms with Gasteiger partial charge in [0.1, 0.15) is 0 Å². The molecular weight excluding hydrogens is 250 g/mol. The van der Waals surface area contributed by atoms with Crippen LogP contribution in [0.3, 0.4) is 0 Å². The van der Waals surface area contributed by atoms with Gasteiger partial charge in [0.25, 0.3) is 0 Å². The minimum atomic E-state index is -3.29. The largest absolute Gasteiger partial charge is 0.387 e. The van der Waals surface area contributed by atoms with Gasteiger partial charge >= 0.3 is 0 Å². The third-order valence-electron chi connectivity index (χ3n) is 2.72. The van der Waals surface area contributed by atoms with Gasteiger partial charge in [-0.15, -0.1) is 0 Å². The van der Waals surface area contributed by atoms with Crippen molar-refractivity contribution in [2.24, 2.45) is 0 Å². The van der Waals surface area contributed by atoms with Crippen LogP contribution in [0.15, 0.2) is 42.5 Å². The lowest BCUT2D eigenvalue weighted by Gasteiger charge is -2.13. The van der Waals surface area contributed by atoms with Gasteiger partial charge in [-0.2, -0.15) is 0 Å². The lowest BCUT2D eigenvalue weighted by Crippen LogP contribution is -2.27. The Morgan fingerprint density at radius 1 is 1.17 bits per heavy atom. The molecule has 0 bridgehead atoms. The van der Waals surface area contributed by atoms with Crippen LogP contribution in [0.5, 0.6) is 0 Å². The van der Waals surface area contributed by atoms with E-state index in [0.717, 1.165) is 22.6 Å². The summed E-state index contributed by atoms with van der Waals surface area (Å²) in [6.45, 7) is -0.0210. The van der Waals surface area contributed by atoms with Gasteiger partial charge in [-0.25, -0.2) is 13.1 Å². The van der Waals surface area contributed by atoms with Crippen molar-refractivity contribution in [3.63, 3.8) is 0 Å². The van der Waals surface area contributed by atoms with E-state index in [1.807, 2.05) is 36.4 Å². The molecule has 18 heavy (non-hydrogen) atoms. The van der Waals surface area contributed by atoms with E-state index in [4.69, 9.17) is 0 Å². The molecule has 2 aromatic carbocycles. The van der Waals surface area contributed by atoms with Crippen molar-refractivity contribution < 1.29 is 13.5 Å². The molecular formula is C13H15NO3S. The maximum Gasteiger partial charge on any atom is 0.208 e. The SMILES string of the molecule is CS(=O)(=O)NCC(O)c1cccc2ccccc12. The van der Waals surface area contributed by atoms with Crippen LogP contribution >= 0.6 is 0 Å². The van der Waals surface area contributed by atoms with Gasteiger partial charge < -0.3 is 5.11 Å². The van der Waals surface area contributed by atoms with Crippen molar-refractivity contribution in [3.8, 4) is 0 Å². The van der Waals surface area contributed by atoms with E-state index in [1.54, 1.807) is 6.07 Å². The smallest absolute Gasteiger partial charge is 0.208 e. The summed E-state index contributed by atoms with van der Waals surface area (Å²) >= 11 is 0. The normalized spacial score (nSPS) is 13.7. The van der Waals surface area contributed by atoms with Gasteiger partial charge in [0, 0.05) is 6.54 Å². The standard InChI is InChI=1S/C13H15NO3S/c1-18(16,17)14-9-13(15)12-8-4-6-10-5-2-3-7-11(10)12/h2-8,13-15H,9H2,1H3. The summed E-state index contributed by atoms with van der Waals surface area (Å²) in [6, 6.07) is 13.3. The lowest BCUT2D eigenvalue weighted by molar-refractivity contribution is 0.183. The van der Waals surface area contributed by atoms with Crippen LogP contribution in [0.2, 0.25) is 0 Å². The summed E-state index contributed by atoms with van der Waals surface area (Å²) in [5.41, 5.74) is 0.726. The third kappa shape index (κ3) is 3.07. The van der Waals surface area contributed by atoms with Crippen LogP contribution in [-0.4, -0.2) is 26.3 Å². The fourth-order valence-corrected chi connectivity index (χ4v) is 2.34. The van der Waals surface area contributed by atoms with Gasteiger partial charge in [0.15, 0.2) is 0 Å². The fourth-order valence-electron chi connectivity index (χ4n) is 1.88. The molecule has 1 atom stereocenters. The zero-order valence-corrected chi connectivity index (χ0v) is 10.8. The first-order valence-electron chi connectivity index (χ1n) is 5.58. The molecule has 4 nitrogen and oxygen atoms in total. The Morgan fingerprint density at radius 2 is 1.83 bits per heavy atom. The molecule has 0 spiro atoms. The maximum absolute atomic E-state index is 11.0. The molecule has 0 radical (unpaired) electrons. The number of nitrogens with one attached hydrogen (secondary N) is 1. The Labute approximate surface area is 106 Å². The molecule has 1 unspecified atom stereocenters. The van der Waals surface area contributed by atoms with E-state index >= 15 is 0 Å². The highest BCUT2D eigenvalue weighted by molar-refractivity contribution is 7.88. The van der Waals surface area contributed by atoms with Crippen LogP contribution < -0.4 is 4.72 Å². The number of fused-ring (bicyclic) bond motifs is 1. The number of aliphatic hydroxyl groups excluding tert-OH is 1. The first-order chi connectivity index (χ1) is 8.47. The Kier molecular flexibility index (Phi) is 3.65. The van der Waals surface area contributed by atoms with E-state index in [2.05, 4.69) is 4.72 Å². The molecule has 2 N–H and O–H groups in total. The third-order valence-corrected chi connectivity index (χ3v) is 3.41. The van der Waals surface area contributed by atoms with Crippen LogP contribution in [0, 0.1) is 0 Å². The second-order valence-electron chi connectivity index (χ2n) is 4.20. The monoisotopic (exact) mass is 265 g/mol. The minimum Gasteiger partial charge on any atom is -0.387 e. The second kappa shape index (κ2) is 5.06. The summed E-state index contributed by atoms with van der Waals surface area (Å²) in [5, 5.41) is 12.0. The quantitative estimate of drug-likeness (QED) is 0.878. The average Bonchev–Trinajstić information content (AvgIpc) is 2.34. The van der Waals surface area contributed by atoms with E-state index in [0.29, 0.717) is 0 Å². The predicted molar refractivity (Wildman–Crippen MR) is 71.8 cm³/mol. The summed E-state index contributed by atoms with van der Waals surface area (Å²) in [4.78, 5) is 0. The number of aliphatic hydroxyl groups is 1. The zero-order chi connectivity index (χ0) is 13.2. The lowest BCUT2D eigenvalue weighted by atomic mass is 10.0. The van der Waals surface area contributed by atoms with Gasteiger partial charge in [0.2, 0.25) is 10.0 Å². The summed E-state index contributed by atoms with van der Waals surface area (Å²) in [5.74, 6) is 0. The number of hydrogen-bond donors (Lipinski definition) is 2. The number of benzene rings is 2. The molecule has 0 amide bonds. The second-order valence-corrected chi connectivity index (χ2v) is 6.04. The van der Waals surface area contributed by atoms with Crippen molar-refractivity contribution in [2.45, 2.75) is 6.10 Å². The average molecular weight is 265 g/mol. The topological polar surface area (TPSA) is 66.4 Å². The van der Waals surface area contributed by atoms with Crippen molar-refractivity contribution >= 4 is 20.8 Å². The predicted octanol–water partition coefficient (Wildman–Crippen LogP) is 1.42. The highest BCUT2D eigenvalue weighted by atomic mass is 32.2. The first kappa shape index (κ1) is 13.0. The van der Waals surface area contributed by atoms with Crippen molar-refractivity contribution in [3.05, 3.63) is 48.0 Å². The molecule has 96 valence electrons. The molecule has 5 heteroatoms. The van der Waals surface area contributed by atoms with Crippen LogP contribution in [0.4, 0.5) is 0 Å². The summed E-state index contributed by atoms with van der Waals surface area (Å²) < 4.78 is 24.3. The Balaban J connectivity index is 2.30.